The van der Waals surface area contributed by atoms with Crippen molar-refractivity contribution < 1.29 is 22.7 Å². The quantitative estimate of drug-likeness (QED) is 0.653. The monoisotopic (exact) mass is 484 g/mol. The first kappa shape index (κ1) is 23.5. The summed E-state index contributed by atoms with van der Waals surface area (Å²) in [5, 5.41) is 0.247. The molecule has 166 valence electrons. The van der Waals surface area contributed by atoms with Crippen LogP contribution < -0.4 is 9.62 Å². The minimum absolute atomic E-state index is 0.0215. The molecule has 0 radical (unpaired) electrons. The van der Waals surface area contributed by atoms with Crippen molar-refractivity contribution in [3.8, 4) is 0 Å². The highest BCUT2D eigenvalue weighted by atomic mass is 35.5. The van der Waals surface area contributed by atoms with E-state index < -0.39 is 39.5 Å². The standard InChI is InChI=1S/C21H22Cl2N2O5S/c1-21(2,3)30-20(27)15-12-25(13-7-5-4-6-8-13)19(26)18(15)24-31(28,29)14-9-10-16(22)17(23)11-14/h4-11,15,18,24H,12H2,1-3H3. The molecule has 2 atom stereocenters. The van der Waals surface area contributed by atoms with Crippen LogP contribution in [0.4, 0.5) is 5.69 Å². The molecule has 1 aliphatic rings. The third-order valence-electron chi connectivity index (χ3n) is 4.57. The van der Waals surface area contributed by atoms with Crippen LogP contribution in [0.25, 0.3) is 0 Å². The van der Waals surface area contributed by atoms with E-state index in [-0.39, 0.29) is 21.5 Å². The van der Waals surface area contributed by atoms with Crippen molar-refractivity contribution in [2.24, 2.45) is 5.92 Å². The molecular formula is C21H22Cl2N2O5S. The Kier molecular flexibility index (Phi) is 6.67. The van der Waals surface area contributed by atoms with Crippen LogP contribution in [0.2, 0.25) is 10.0 Å². The molecule has 0 saturated carbocycles. The number of ether oxygens (including phenoxy) is 1. The molecule has 1 fully saturated rings. The van der Waals surface area contributed by atoms with Crippen LogP contribution in [0.1, 0.15) is 20.8 Å². The van der Waals surface area contributed by atoms with Crippen molar-refractivity contribution in [3.05, 3.63) is 58.6 Å². The summed E-state index contributed by atoms with van der Waals surface area (Å²) >= 11 is 11.8. The summed E-state index contributed by atoms with van der Waals surface area (Å²) in [5.41, 5.74) is -0.245. The van der Waals surface area contributed by atoms with Gasteiger partial charge in [-0.2, -0.15) is 4.72 Å². The highest BCUT2D eigenvalue weighted by molar-refractivity contribution is 7.89. The number of anilines is 1. The third-order valence-corrected chi connectivity index (χ3v) is 6.75. The lowest BCUT2D eigenvalue weighted by molar-refractivity contribution is -0.160. The largest absolute Gasteiger partial charge is 0.460 e. The van der Waals surface area contributed by atoms with Crippen molar-refractivity contribution in [2.75, 3.05) is 11.4 Å². The number of amides is 1. The fourth-order valence-corrected chi connectivity index (χ4v) is 4.79. The molecule has 1 amide bonds. The second kappa shape index (κ2) is 8.78. The number of nitrogens with one attached hydrogen (secondary N) is 1. The van der Waals surface area contributed by atoms with E-state index in [1.807, 2.05) is 0 Å². The number of sulfonamides is 1. The number of hydrogen-bond acceptors (Lipinski definition) is 5. The Bertz CT molecular complexity index is 1100. The predicted octanol–water partition coefficient (Wildman–Crippen LogP) is 3.65. The molecule has 7 nitrogen and oxygen atoms in total. The predicted molar refractivity (Wildman–Crippen MR) is 119 cm³/mol. The van der Waals surface area contributed by atoms with Gasteiger partial charge in [0.2, 0.25) is 15.9 Å². The first-order chi connectivity index (χ1) is 14.4. The van der Waals surface area contributed by atoms with Crippen molar-refractivity contribution in [1.29, 1.82) is 0 Å². The maximum absolute atomic E-state index is 13.2. The molecule has 10 heteroatoms. The van der Waals surface area contributed by atoms with Gasteiger partial charge in [0.05, 0.1) is 14.9 Å². The Morgan fingerprint density at radius 3 is 2.32 bits per heavy atom. The number of halogens is 2. The molecule has 2 unspecified atom stereocenters. The number of esters is 1. The number of para-hydroxylation sites is 1. The summed E-state index contributed by atoms with van der Waals surface area (Å²) in [6, 6.07) is 11.2. The average molecular weight is 485 g/mol. The summed E-state index contributed by atoms with van der Waals surface area (Å²) in [7, 11) is -4.18. The van der Waals surface area contributed by atoms with Gasteiger partial charge in [0.15, 0.2) is 0 Å². The molecular weight excluding hydrogens is 463 g/mol. The van der Waals surface area contributed by atoms with Gasteiger partial charge in [-0.05, 0) is 51.1 Å². The third kappa shape index (κ3) is 5.38. The smallest absolute Gasteiger partial charge is 0.313 e. The van der Waals surface area contributed by atoms with Crippen LogP contribution in [0.3, 0.4) is 0 Å². The molecule has 0 aromatic heterocycles. The van der Waals surface area contributed by atoms with Gasteiger partial charge in [-0.15, -0.1) is 0 Å². The SMILES string of the molecule is CC(C)(C)OC(=O)C1CN(c2ccccc2)C(=O)C1NS(=O)(=O)c1ccc(Cl)c(Cl)c1. The summed E-state index contributed by atoms with van der Waals surface area (Å²) in [5.74, 6) is -2.25. The molecule has 1 aliphatic heterocycles. The zero-order valence-corrected chi connectivity index (χ0v) is 19.5. The number of rotatable bonds is 5. The summed E-state index contributed by atoms with van der Waals surface area (Å²) in [4.78, 5) is 27.2. The van der Waals surface area contributed by atoms with E-state index in [4.69, 9.17) is 27.9 Å². The first-order valence-corrected chi connectivity index (χ1v) is 11.7. The van der Waals surface area contributed by atoms with E-state index in [2.05, 4.69) is 4.72 Å². The van der Waals surface area contributed by atoms with Crippen LogP contribution in [0, 0.1) is 5.92 Å². The van der Waals surface area contributed by atoms with E-state index >= 15 is 0 Å². The molecule has 1 N–H and O–H groups in total. The van der Waals surface area contributed by atoms with Crippen LogP contribution in [0.5, 0.6) is 0 Å². The molecule has 1 saturated heterocycles. The molecule has 0 bridgehead atoms. The van der Waals surface area contributed by atoms with E-state index in [0.29, 0.717) is 5.69 Å². The molecule has 0 aliphatic carbocycles. The Morgan fingerprint density at radius 1 is 1.10 bits per heavy atom. The van der Waals surface area contributed by atoms with Gasteiger partial charge < -0.3 is 9.64 Å². The number of benzene rings is 2. The Morgan fingerprint density at radius 2 is 1.74 bits per heavy atom. The zero-order chi connectivity index (χ0) is 23.0. The number of nitrogens with zero attached hydrogens (tertiary/aromatic N) is 1. The minimum atomic E-state index is -4.18. The summed E-state index contributed by atoms with van der Waals surface area (Å²) < 4.78 is 33.7. The van der Waals surface area contributed by atoms with Crippen LogP contribution in [-0.4, -0.2) is 38.5 Å². The van der Waals surface area contributed by atoms with Gasteiger partial charge in [0.25, 0.3) is 0 Å². The van der Waals surface area contributed by atoms with Crippen molar-refractivity contribution in [3.63, 3.8) is 0 Å². The van der Waals surface area contributed by atoms with Crippen LogP contribution in [0.15, 0.2) is 53.4 Å². The molecule has 0 spiro atoms. The first-order valence-electron chi connectivity index (χ1n) is 9.46. The molecule has 2 aromatic rings. The zero-order valence-electron chi connectivity index (χ0n) is 17.1. The van der Waals surface area contributed by atoms with E-state index in [1.54, 1.807) is 51.1 Å². The van der Waals surface area contributed by atoms with Crippen molar-refractivity contribution >= 4 is 50.8 Å². The molecule has 3 rings (SSSR count). The van der Waals surface area contributed by atoms with Gasteiger partial charge >= 0.3 is 5.97 Å². The second-order valence-electron chi connectivity index (χ2n) is 8.10. The van der Waals surface area contributed by atoms with Gasteiger partial charge in [-0.25, -0.2) is 8.42 Å². The number of hydrogen-bond donors (Lipinski definition) is 1. The maximum atomic E-state index is 13.2. The fraction of sp³-hybridized carbons (Fsp3) is 0.333. The number of carbonyl (C=O) groups is 2. The fourth-order valence-electron chi connectivity index (χ4n) is 3.17. The Labute approximate surface area is 191 Å². The molecule has 31 heavy (non-hydrogen) atoms. The molecule has 2 aromatic carbocycles. The van der Waals surface area contributed by atoms with Gasteiger partial charge in [0, 0.05) is 12.2 Å². The lowest BCUT2D eigenvalue weighted by Crippen LogP contribution is -2.47. The average Bonchev–Trinajstić information content (AvgIpc) is 2.99. The van der Waals surface area contributed by atoms with Crippen LogP contribution in [-0.2, 0) is 24.3 Å². The van der Waals surface area contributed by atoms with Crippen molar-refractivity contribution in [2.45, 2.75) is 37.3 Å². The minimum Gasteiger partial charge on any atom is -0.460 e. The van der Waals surface area contributed by atoms with E-state index in [1.165, 1.54) is 23.1 Å². The summed E-state index contributed by atoms with van der Waals surface area (Å²) in [6.45, 7) is 5.08. The van der Waals surface area contributed by atoms with Crippen LogP contribution >= 0.6 is 23.2 Å². The normalized spacial score (nSPS) is 19.5. The lowest BCUT2D eigenvalue weighted by Gasteiger charge is -2.24. The van der Waals surface area contributed by atoms with E-state index in [0.717, 1.165) is 0 Å². The second-order valence-corrected chi connectivity index (χ2v) is 10.6. The Balaban J connectivity index is 1.95. The van der Waals surface area contributed by atoms with Gasteiger partial charge in [-0.3, -0.25) is 9.59 Å². The topological polar surface area (TPSA) is 92.8 Å². The highest BCUT2D eigenvalue weighted by Gasteiger charge is 2.48. The maximum Gasteiger partial charge on any atom is 0.313 e. The van der Waals surface area contributed by atoms with E-state index in [9.17, 15) is 18.0 Å². The van der Waals surface area contributed by atoms with Gasteiger partial charge in [0.1, 0.15) is 17.6 Å². The summed E-state index contributed by atoms with van der Waals surface area (Å²) in [6.07, 6.45) is 0. The van der Waals surface area contributed by atoms with Crippen molar-refractivity contribution in [1.82, 2.24) is 4.72 Å². The lowest BCUT2D eigenvalue weighted by atomic mass is 10.0. The highest BCUT2D eigenvalue weighted by Crippen LogP contribution is 2.30. The van der Waals surface area contributed by atoms with Gasteiger partial charge in [-0.1, -0.05) is 41.4 Å². The Hall–Kier alpha value is -2.13. The molecule has 1 heterocycles. The number of carbonyl (C=O) groups excluding carboxylic acids is 2.